The number of Topliss-reactive ketones (excluding diaryl/α,β-unsaturated/α-hetero) is 1. The summed E-state index contributed by atoms with van der Waals surface area (Å²) in [6, 6.07) is 3.03. The highest BCUT2D eigenvalue weighted by Crippen LogP contribution is 2.29. The van der Waals surface area contributed by atoms with Crippen molar-refractivity contribution in [3.05, 3.63) is 51.5 Å². The molecule has 35 heavy (non-hydrogen) atoms. The first-order valence-electron chi connectivity index (χ1n) is 11.9. The zero-order valence-corrected chi connectivity index (χ0v) is 20.0. The van der Waals surface area contributed by atoms with Crippen molar-refractivity contribution in [1.29, 1.82) is 0 Å². The molecule has 2 aliphatic rings. The highest BCUT2D eigenvalue weighted by atomic mass is 19.1. The summed E-state index contributed by atoms with van der Waals surface area (Å²) in [4.78, 5) is 45.3. The zero-order valence-electron chi connectivity index (χ0n) is 20.0. The van der Waals surface area contributed by atoms with E-state index >= 15 is 0 Å². The number of aromatic hydroxyl groups is 1. The van der Waals surface area contributed by atoms with Crippen LogP contribution in [-0.4, -0.2) is 58.1 Å². The Bertz CT molecular complexity index is 1180. The number of rotatable bonds is 1. The van der Waals surface area contributed by atoms with Crippen molar-refractivity contribution in [3.8, 4) is 11.5 Å². The minimum absolute atomic E-state index is 0.0708. The number of hydrogen-bond donors (Lipinski definition) is 1. The first kappa shape index (κ1) is 24.8. The van der Waals surface area contributed by atoms with Crippen molar-refractivity contribution in [2.45, 2.75) is 57.5 Å². The van der Waals surface area contributed by atoms with Crippen LogP contribution in [0.3, 0.4) is 0 Å². The number of carbonyl (C=O) groups is 2. The molecule has 4 rings (SSSR count). The van der Waals surface area contributed by atoms with Gasteiger partial charge in [0.2, 0.25) is 11.7 Å². The van der Waals surface area contributed by atoms with Crippen molar-refractivity contribution >= 4 is 11.7 Å². The molecule has 0 radical (unpaired) electrons. The molecule has 1 amide bonds. The lowest BCUT2D eigenvalue weighted by molar-refractivity contribution is -0.133. The molecule has 2 bridgehead atoms. The van der Waals surface area contributed by atoms with Crippen LogP contribution in [0.5, 0.6) is 11.5 Å². The fourth-order valence-corrected chi connectivity index (χ4v) is 4.52. The third-order valence-corrected chi connectivity index (χ3v) is 6.66. The van der Waals surface area contributed by atoms with Gasteiger partial charge in [-0.25, -0.2) is 9.37 Å². The Morgan fingerprint density at radius 3 is 2.71 bits per heavy atom. The first-order valence-corrected chi connectivity index (χ1v) is 11.9. The number of fused-ring (bicyclic) bond motifs is 2. The lowest BCUT2D eigenvalue weighted by Gasteiger charge is -2.28. The SMILES string of the molecule is CC[C@H]1COC[C@@H]2c3nc(c(O)c(=O)n31)C(=O)CCc1ccc(F)cc1OCCCCC(=O)N2C. The van der Waals surface area contributed by atoms with Gasteiger partial charge in [0.15, 0.2) is 11.5 Å². The van der Waals surface area contributed by atoms with Gasteiger partial charge in [-0.3, -0.25) is 19.0 Å². The third-order valence-electron chi connectivity index (χ3n) is 6.66. The molecule has 1 aromatic carbocycles. The number of halogens is 1. The van der Waals surface area contributed by atoms with Crippen LogP contribution in [0.25, 0.3) is 0 Å². The van der Waals surface area contributed by atoms with Crippen LogP contribution in [0.2, 0.25) is 0 Å². The van der Waals surface area contributed by atoms with Crippen LogP contribution in [0.4, 0.5) is 4.39 Å². The van der Waals surface area contributed by atoms with Crippen LogP contribution < -0.4 is 10.3 Å². The van der Waals surface area contributed by atoms with E-state index in [1.807, 2.05) is 6.92 Å². The largest absolute Gasteiger partial charge is 0.501 e. The monoisotopic (exact) mass is 487 g/mol. The Morgan fingerprint density at radius 2 is 1.94 bits per heavy atom. The first-order chi connectivity index (χ1) is 16.8. The van der Waals surface area contributed by atoms with E-state index in [1.165, 1.54) is 21.6 Å². The maximum absolute atomic E-state index is 13.8. The minimum Gasteiger partial charge on any atom is -0.501 e. The molecule has 0 aliphatic carbocycles. The van der Waals surface area contributed by atoms with Gasteiger partial charge in [-0.1, -0.05) is 13.0 Å². The number of hydrogen-bond acceptors (Lipinski definition) is 7. The maximum atomic E-state index is 13.8. The lowest BCUT2D eigenvalue weighted by atomic mass is 10.0. The van der Waals surface area contributed by atoms with E-state index in [0.29, 0.717) is 37.2 Å². The lowest BCUT2D eigenvalue weighted by Crippen LogP contribution is -2.38. The van der Waals surface area contributed by atoms with Crippen molar-refractivity contribution in [2.75, 3.05) is 26.9 Å². The quantitative estimate of drug-likeness (QED) is 0.658. The van der Waals surface area contributed by atoms with Crippen LogP contribution in [-0.2, 0) is 16.0 Å². The van der Waals surface area contributed by atoms with Gasteiger partial charge in [0, 0.05) is 26.0 Å². The number of carbonyl (C=O) groups excluding carboxylic acids is 2. The predicted octanol–water partition coefficient (Wildman–Crippen LogP) is 2.95. The maximum Gasteiger partial charge on any atom is 0.296 e. The molecule has 10 heteroatoms. The molecule has 0 spiro atoms. The Labute approximate surface area is 202 Å². The predicted molar refractivity (Wildman–Crippen MR) is 124 cm³/mol. The van der Waals surface area contributed by atoms with Gasteiger partial charge in [-0.2, -0.15) is 0 Å². The van der Waals surface area contributed by atoms with Gasteiger partial charge < -0.3 is 19.5 Å². The van der Waals surface area contributed by atoms with Crippen molar-refractivity contribution in [2.24, 2.45) is 0 Å². The molecular formula is C25H30FN3O6. The normalized spacial score (nSPS) is 21.7. The van der Waals surface area contributed by atoms with Crippen molar-refractivity contribution < 1.29 is 28.6 Å². The van der Waals surface area contributed by atoms with Crippen molar-refractivity contribution in [3.63, 3.8) is 0 Å². The van der Waals surface area contributed by atoms with E-state index in [2.05, 4.69) is 4.98 Å². The van der Waals surface area contributed by atoms with Gasteiger partial charge in [-0.15, -0.1) is 0 Å². The molecule has 2 atom stereocenters. The summed E-state index contributed by atoms with van der Waals surface area (Å²) in [7, 11) is 1.62. The smallest absolute Gasteiger partial charge is 0.296 e. The molecule has 3 heterocycles. The van der Waals surface area contributed by atoms with Gasteiger partial charge in [0.1, 0.15) is 23.4 Å². The number of ketones is 1. The average Bonchev–Trinajstić information content (AvgIpc) is 3.03. The van der Waals surface area contributed by atoms with Crippen LogP contribution in [0.1, 0.15) is 73.0 Å². The van der Waals surface area contributed by atoms with Gasteiger partial charge in [0.25, 0.3) is 5.56 Å². The van der Waals surface area contributed by atoms with E-state index in [-0.39, 0.29) is 49.9 Å². The number of amides is 1. The number of benzene rings is 1. The Morgan fingerprint density at radius 1 is 1.14 bits per heavy atom. The summed E-state index contributed by atoms with van der Waals surface area (Å²) in [6.45, 7) is 2.52. The second kappa shape index (κ2) is 10.6. The standard InChI is InChI=1S/C25H30FN3O6/c1-3-17-13-34-14-18-24-27-22(23(32)25(33)29(17)24)19(30)10-8-15-7-9-16(26)12-20(15)35-11-5-4-6-21(31)28(18)2/h7,9,12,17-18,32H,3-6,8,10-11,13-14H2,1-2H3/t17-,18+/m0/s1. The third kappa shape index (κ3) is 5.07. The molecule has 2 aliphatic heterocycles. The van der Waals surface area contributed by atoms with E-state index in [4.69, 9.17) is 9.47 Å². The molecule has 0 fully saturated rings. The number of aromatic nitrogens is 2. The molecule has 188 valence electrons. The highest BCUT2D eigenvalue weighted by Gasteiger charge is 2.34. The minimum atomic E-state index is -0.728. The summed E-state index contributed by atoms with van der Waals surface area (Å²) in [5.74, 6) is -1.32. The van der Waals surface area contributed by atoms with Gasteiger partial charge >= 0.3 is 0 Å². The Hall–Kier alpha value is -3.27. The second-order valence-corrected chi connectivity index (χ2v) is 8.94. The van der Waals surface area contributed by atoms with Crippen LogP contribution >= 0.6 is 0 Å². The molecule has 0 saturated heterocycles. The number of likely N-dealkylation sites (N-methyl/N-ethyl adjacent to an activating group) is 1. The van der Waals surface area contributed by atoms with E-state index in [1.54, 1.807) is 13.1 Å². The Kier molecular flexibility index (Phi) is 7.49. The van der Waals surface area contributed by atoms with Crippen LogP contribution in [0, 0.1) is 5.82 Å². The highest BCUT2D eigenvalue weighted by molar-refractivity contribution is 5.96. The number of nitrogens with zero attached hydrogens (tertiary/aromatic N) is 3. The second-order valence-electron chi connectivity index (χ2n) is 8.94. The summed E-state index contributed by atoms with van der Waals surface area (Å²) < 4.78 is 26.7. The summed E-state index contributed by atoms with van der Waals surface area (Å²) in [5, 5.41) is 10.7. The van der Waals surface area contributed by atoms with Gasteiger partial charge in [0.05, 0.1) is 25.9 Å². The van der Waals surface area contributed by atoms with Gasteiger partial charge in [-0.05, 0) is 37.3 Å². The molecule has 0 saturated carbocycles. The number of aryl methyl sites for hydroxylation is 1. The average molecular weight is 488 g/mol. The van der Waals surface area contributed by atoms with E-state index in [0.717, 1.165) is 0 Å². The molecule has 9 nitrogen and oxygen atoms in total. The summed E-state index contributed by atoms with van der Waals surface area (Å²) in [6.07, 6.45) is 2.06. The van der Waals surface area contributed by atoms with E-state index in [9.17, 15) is 23.9 Å². The molecule has 0 unspecified atom stereocenters. The molecule has 2 aromatic rings. The molecular weight excluding hydrogens is 457 g/mol. The summed E-state index contributed by atoms with van der Waals surface area (Å²) in [5.41, 5.74) is -0.431. The fourth-order valence-electron chi connectivity index (χ4n) is 4.52. The summed E-state index contributed by atoms with van der Waals surface area (Å²) >= 11 is 0. The zero-order chi connectivity index (χ0) is 25.1. The van der Waals surface area contributed by atoms with Crippen molar-refractivity contribution in [1.82, 2.24) is 14.5 Å². The topological polar surface area (TPSA) is 111 Å². The van der Waals surface area contributed by atoms with Crippen LogP contribution in [0.15, 0.2) is 23.0 Å². The Balaban J connectivity index is 1.81. The number of ether oxygens (including phenoxy) is 2. The molecule has 1 N–H and O–H groups in total. The molecule has 1 aromatic heterocycles. The fraction of sp³-hybridized carbons (Fsp3) is 0.520. The van der Waals surface area contributed by atoms with E-state index < -0.39 is 35.0 Å².